The topological polar surface area (TPSA) is 24.9 Å². The number of methoxy groups -OCH3 is 2. The molecule has 4 heteroatoms. The summed E-state index contributed by atoms with van der Waals surface area (Å²) in [5, 5.41) is 0. The van der Waals surface area contributed by atoms with E-state index in [0.717, 1.165) is 61.6 Å². The van der Waals surface area contributed by atoms with Gasteiger partial charge in [-0.1, -0.05) is 48.5 Å². The summed E-state index contributed by atoms with van der Waals surface area (Å²) in [6.07, 6.45) is 4.05. The van der Waals surface area contributed by atoms with Crippen LogP contribution in [0.4, 0.5) is 34.1 Å². The molecule has 0 atom stereocenters. The molecule has 6 aromatic carbocycles. The van der Waals surface area contributed by atoms with Crippen molar-refractivity contribution >= 4 is 34.1 Å². The van der Waals surface area contributed by atoms with Gasteiger partial charge in [-0.25, -0.2) is 0 Å². The molecule has 0 spiro atoms. The van der Waals surface area contributed by atoms with Crippen molar-refractivity contribution in [3.05, 3.63) is 166 Å². The van der Waals surface area contributed by atoms with Crippen molar-refractivity contribution in [2.75, 3.05) is 37.2 Å². The van der Waals surface area contributed by atoms with E-state index in [1.165, 1.54) is 67.0 Å². The molecule has 6 aromatic rings. The van der Waals surface area contributed by atoms with E-state index in [1.807, 2.05) is 0 Å². The van der Waals surface area contributed by atoms with Crippen LogP contribution in [0.5, 0.6) is 0 Å². The molecule has 0 saturated heterocycles. The van der Waals surface area contributed by atoms with Gasteiger partial charge in [0.1, 0.15) is 0 Å². The lowest BCUT2D eigenvalue weighted by Crippen LogP contribution is -2.12. The second-order valence-electron chi connectivity index (χ2n) is 14.7. The van der Waals surface area contributed by atoms with Gasteiger partial charge in [0.2, 0.25) is 0 Å². The van der Waals surface area contributed by atoms with Crippen molar-refractivity contribution in [2.24, 2.45) is 0 Å². The molecular weight excluding hydrogens is 661 g/mol. The van der Waals surface area contributed by atoms with Crippen LogP contribution in [0.15, 0.2) is 121 Å². The molecule has 0 heterocycles. The number of benzene rings is 6. The van der Waals surface area contributed by atoms with Crippen molar-refractivity contribution in [2.45, 2.75) is 67.2 Å². The monoisotopic (exact) mass is 716 g/mol. The predicted octanol–water partition coefficient (Wildman–Crippen LogP) is 13.3. The average Bonchev–Trinajstić information content (AvgIpc) is 3.17. The molecule has 6 rings (SSSR count). The van der Waals surface area contributed by atoms with Gasteiger partial charge in [0, 0.05) is 61.6 Å². The van der Waals surface area contributed by atoms with Crippen molar-refractivity contribution in [1.29, 1.82) is 0 Å². The van der Waals surface area contributed by atoms with Crippen LogP contribution in [0, 0.1) is 41.5 Å². The summed E-state index contributed by atoms with van der Waals surface area (Å²) in [6, 6.07) is 45.3. The van der Waals surface area contributed by atoms with Gasteiger partial charge < -0.3 is 19.3 Å². The van der Waals surface area contributed by atoms with Crippen LogP contribution in [0.2, 0.25) is 0 Å². The number of hydrogen-bond acceptors (Lipinski definition) is 4. The number of ether oxygens (including phenoxy) is 2. The summed E-state index contributed by atoms with van der Waals surface area (Å²) in [5.74, 6) is 0. The van der Waals surface area contributed by atoms with Crippen LogP contribution in [0.3, 0.4) is 0 Å². The Morgan fingerprint density at radius 1 is 0.370 bits per heavy atom. The van der Waals surface area contributed by atoms with Gasteiger partial charge >= 0.3 is 0 Å². The largest absolute Gasteiger partial charge is 0.385 e. The molecule has 4 nitrogen and oxygen atoms in total. The molecule has 54 heavy (non-hydrogen) atoms. The van der Waals surface area contributed by atoms with Crippen molar-refractivity contribution in [1.82, 2.24) is 0 Å². The number of nitrogens with zero attached hydrogens (tertiary/aromatic N) is 2. The fraction of sp³-hybridized carbons (Fsp3) is 0.280. The van der Waals surface area contributed by atoms with Crippen LogP contribution < -0.4 is 9.80 Å². The van der Waals surface area contributed by atoms with E-state index >= 15 is 0 Å². The van der Waals surface area contributed by atoms with Crippen molar-refractivity contribution < 1.29 is 9.47 Å². The van der Waals surface area contributed by atoms with E-state index in [9.17, 15) is 0 Å². The molecule has 0 aromatic heterocycles. The Labute approximate surface area is 324 Å². The molecule has 278 valence electrons. The van der Waals surface area contributed by atoms with Crippen molar-refractivity contribution in [3.63, 3.8) is 0 Å². The highest BCUT2D eigenvalue weighted by Gasteiger charge is 2.19. The Morgan fingerprint density at radius 3 is 1.07 bits per heavy atom. The Kier molecular flexibility index (Phi) is 12.7. The first-order valence-corrected chi connectivity index (χ1v) is 19.3. The van der Waals surface area contributed by atoms with Gasteiger partial charge in [-0.3, -0.25) is 0 Å². The minimum absolute atomic E-state index is 0.777. The second-order valence-corrected chi connectivity index (χ2v) is 14.7. The summed E-state index contributed by atoms with van der Waals surface area (Å²) in [5.41, 5.74) is 19.6. The number of hydrogen-bond donors (Lipinski definition) is 0. The predicted molar refractivity (Wildman–Crippen MR) is 230 cm³/mol. The Balaban J connectivity index is 1.34. The normalized spacial score (nSPS) is 11.2. The Hall–Kier alpha value is -5.16. The zero-order valence-electron chi connectivity index (χ0n) is 33.5. The third-order valence-corrected chi connectivity index (χ3v) is 10.7. The highest BCUT2D eigenvalue weighted by atomic mass is 16.5. The highest BCUT2D eigenvalue weighted by Crippen LogP contribution is 2.41. The summed E-state index contributed by atoms with van der Waals surface area (Å²) in [4.78, 5) is 4.78. The van der Waals surface area contributed by atoms with E-state index in [-0.39, 0.29) is 0 Å². The number of aryl methyl sites for hydroxylation is 8. The van der Waals surface area contributed by atoms with E-state index in [1.54, 1.807) is 14.2 Å². The zero-order valence-corrected chi connectivity index (χ0v) is 33.5. The van der Waals surface area contributed by atoms with Crippen LogP contribution in [0.1, 0.15) is 57.3 Å². The molecule has 0 radical (unpaired) electrons. The second kappa shape index (κ2) is 17.8. The van der Waals surface area contributed by atoms with E-state index < -0.39 is 0 Å². The van der Waals surface area contributed by atoms with E-state index in [4.69, 9.17) is 9.47 Å². The van der Waals surface area contributed by atoms with Gasteiger partial charge in [-0.05, 0) is 196 Å². The fourth-order valence-electron chi connectivity index (χ4n) is 7.22. The van der Waals surface area contributed by atoms with Crippen LogP contribution in [0.25, 0.3) is 11.1 Å². The minimum atomic E-state index is 0.777. The number of rotatable bonds is 15. The van der Waals surface area contributed by atoms with Gasteiger partial charge in [-0.15, -0.1) is 0 Å². The standard InChI is InChI=1S/C50H56N2O2/c1-35-13-21-47(33-37(35)3)51(45-23-15-41(16-24-45)11-9-29-53-7)49-27-19-43(31-39(49)5)44-20-28-50(40(6)32-44)52(48-22-14-36(2)38(4)34-48)46-25-17-42(18-26-46)12-10-30-54-8/h13-28,31-34H,9-12,29-30H2,1-8H3. The van der Waals surface area contributed by atoms with Gasteiger partial charge in [0.05, 0.1) is 0 Å². The number of anilines is 6. The van der Waals surface area contributed by atoms with Crippen LogP contribution in [-0.2, 0) is 22.3 Å². The molecule has 0 aliphatic carbocycles. The minimum Gasteiger partial charge on any atom is -0.385 e. The molecular formula is C50H56N2O2. The van der Waals surface area contributed by atoms with Gasteiger partial charge in [-0.2, -0.15) is 0 Å². The average molecular weight is 717 g/mol. The third-order valence-electron chi connectivity index (χ3n) is 10.7. The summed E-state index contributed by atoms with van der Waals surface area (Å²) in [6.45, 7) is 14.7. The molecule has 0 amide bonds. The summed E-state index contributed by atoms with van der Waals surface area (Å²) >= 11 is 0. The maximum Gasteiger partial charge on any atom is 0.0491 e. The van der Waals surface area contributed by atoms with Crippen LogP contribution in [-0.4, -0.2) is 27.4 Å². The van der Waals surface area contributed by atoms with Gasteiger partial charge in [0.25, 0.3) is 0 Å². The maximum absolute atomic E-state index is 5.29. The fourth-order valence-corrected chi connectivity index (χ4v) is 7.22. The van der Waals surface area contributed by atoms with Gasteiger partial charge in [0.15, 0.2) is 0 Å². The molecule has 0 fully saturated rings. The first kappa shape index (κ1) is 38.6. The van der Waals surface area contributed by atoms with Crippen molar-refractivity contribution in [3.8, 4) is 11.1 Å². The first-order valence-electron chi connectivity index (χ1n) is 19.3. The third kappa shape index (κ3) is 8.95. The van der Waals surface area contributed by atoms with Crippen LogP contribution >= 0.6 is 0 Å². The van der Waals surface area contributed by atoms with E-state index in [2.05, 4.69) is 173 Å². The molecule has 0 aliphatic rings. The smallest absolute Gasteiger partial charge is 0.0491 e. The maximum atomic E-state index is 5.29. The summed E-state index contributed by atoms with van der Waals surface area (Å²) < 4.78 is 10.6. The molecule has 0 unspecified atom stereocenters. The lowest BCUT2D eigenvalue weighted by atomic mass is 9.98. The van der Waals surface area contributed by atoms with E-state index in [0.29, 0.717) is 0 Å². The molecule has 0 aliphatic heterocycles. The molecule has 0 saturated carbocycles. The lowest BCUT2D eigenvalue weighted by molar-refractivity contribution is 0.195. The first-order chi connectivity index (χ1) is 26.2. The molecule has 0 bridgehead atoms. The highest BCUT2D eigenvalue weighted by molar-refractivity contribution is 5.83. The summed E-state index contributed by atoms with van der Waals surface area (Å²) in [7, 11) is 3.53. The lowest BCUT2D eigenvalue weighted by Gasteiger charge is -2.29. The Morgan fingerprint density at radius 2 is 0.741 bits per heavy atom. The molecule has 0 N–H and O–H groups in total. The quantitative estimate of drug-likeness (QED) is 0.0988. The zero-order chi connectivity index (χ0) is 38.2. The SMILES string of the molecule is COCCCc1ccc(N(c2ccc(C)c(C)c2)c2ccc(-c3ccc(N(c4ccc(CCCOC)cc4)c4ccc(C)c(C)c4)c(C)c3)cc2C)cc1. The Bertz CT molecular complexity index is 2010.